The van der Waals surface area contributed by atoms with Gasteiger partial charge in [-0.05, 0) is 42.8 Å². The minimum atomic E-state index is -3.30. The average Bonchev–Trinajstić information content (AvgIpc) is 2.93. The first-order valence-corrected chi connectivity index (χ1v) is 9.74. The summed E-state index contributed by atoms with van der Waals surface area (Å²) >= 11 is 3.23. The van der Waals surface area contributed by atoms with E-state index in [2.05, 4.69) is 0 Å². The van der Waals surface area contributed by atoms with E-state index < -0.39 is 9.84 Å². The molecule has 21 heavy (non-hydrogen) atoms. The smallest absolute Gasteiger partial charge is 0.178 e. The summed E-state index contributed by atoms with van der Waals surface area (Å²) in [7, 11) is -3.30. The Morgan fingerprint density at radius 1 is 1.14 bits per heavy atom. The number of nitrogens with two attached hydrogens (primary N) is 1. The average molecular weight is 343 g/mol. The van der Waals surface area contributed by atoms with E-state index in [0.29, 0.717) is 11.4 Å². The lowest BCUT2D eigenvalue weighted by Crippen LogP contribution is -2.08. The van der Waals surface area contributed by atoms with Crippen LogP contribution in [0.4, 0.5) is 0 Å². The second-order valence-corrected chi connectivity index (χ2v) is 9.05. The normalized spacial score (nSPS) is 11.7. The highest BCUT2D eigenvalue weighted by Crippen LogP contribution is 2.33. The van der Waals surface area contributed by atoms with Crippen molar-refractivity contribution in [2.45, 2.75) is 27.0 Å². The van der Waals surface area contributed by atoms with E-state index in [1.54, 1.807) is 47.4 Å². The monoisotopic (exact) mass is 343 g/mol. The van der Waals surface area contributed by atoms with Gasteiger partial charge in [0.2, 0.25) is 0 Å². The van der Waals surface area contributed by atoms with E-state index in [4.69, 9.17) is 10.8 Å². The van der Waals surface area contributed by atoms with Crippen LogP contribution in [-0.4, -0.2) is 25.9 Å². The topological polar surface area (TPSA) is 80.4 Å². The predicted molar refractivity (Wildman–Crippen MR) is 86.5 cm³/mol. The molecule has 4 nitrogen and oxygen atoms in total. The van der Waals surface area contributed by atoms with Crippen LogP contribution < -0.4 is 5.73 Å². The van der Waals surface area contributed by atoms with E-state index >= 15 is 0 Å². The molecule has 1 aromatic heterocycles. The van der Waals surface area contributed by atoms with Gasteiger partial charge in [-0.2, -0.15) is 0 Å². The molecular weight excluding hydrogens is 326 g/mol. The summed E-state index contributed by atoms with van der Waals surface area (Å²) in [4.78, 5) is 2.41. The fourth-order valence-electron chi connectivity index (χ4n) is 1.73. The van der Waals surface area contributed by atoms with Gasteiger partial charge in [0.25, 0.3) is 0 Å². The minimum absolute atomic E-state index is 0.0270. The Hall–Kier alpha value is -0.860. The molecule has 0 unspecified atom stereocenters. The Morgan fingerprint density at radius 2 is 1.86 bits per heavy atom. The van der Waals surface area contributed by atoms with Gasteiger partial charge in [0.05, 0.1) is 14.9 Å². The highest BCUT2D eigenvalue weighted by molar-refractivity contribution is 8.01. The lowest BCUT2D eigenvalue weighted by molar-refractivity contribution is 0.295. The quantitative estimate of drug-likeness (QED) is 0.807. The van der Waals surface area contributed by atoms with E-state index in [1.807, 2.05) is 12.1 Å². The molecule has 0 atom stereocenters. The molecule has 0 saturated carbocycles. The highest BCUT2D eigenvalue weighted by atomic mass is 32.2. The van der Waals surface area contributed by atoms with E-state index in [1.165, 1.54) is 0 Å². The molecule has 0 aliphatic heterocycles. The third-order valence-corrected chi connectivity index (χ3v) is 6.87. The summed E-state index contributed by atoms with van der Waals surface area (Å²) in [6.07, 6.45) is 0.260. The molecule has 0 aliphatic carbocycles. The molecule has 7 heteroatoms. The van der Waals surface area contributed by atoms with Crippen molar-refractivity contribution in [3.05, 3.63) is 41.3 Å². The van der Waals surface area contributed by atoms with Crippen molar-refractivity contribution < 1.29 is 13.5 Å². The maximum Gasteiger partial charge on any atom is 0.178 e. The summed E-state index contributed by atoms with van der Waals surface area (Å²) in [5.74, 6) is -0.0270. The SMILES string of the molecule is NCc1ccc(Sc2ccc(S(=O)(=O)CCCO)cc2)s1. The predicted octanol–water partition coefficient (Wildman–Crippen LogP) is 2.51. The molecule has 1 heterocycles. The molecule has 0 saturated heterocycles. The first-order chi connectivity index (χ1) is 10.0. The van der Waals surface area contributed by atoms with Gasteiger partial charge in [0, 0.05) is 22.9 Å². The van der Waals surface area contributed by atoms with Crippen molar-refractivity contribution in [2.75, 3.05) is 12.4 Å². The number of sulfone groups is 1. The molecule has 0 amide bonds. The summed E-state index contributed by atoms with van der Waals surface area (Å²) in [6.45, 7) is 0.419. The van der Waals surface area contributed by atoms with Crippen LogP contribution in [0.3, 0.4) is 0 Å². The van der Waals surface area contributed by atoms with Crippen molar-refractivity contribution in [3.8, 4) is 0 Å². The zero-order valence-electron chi connectivity index (χ0n) is 11.4. The number of aliphatic hydroxyl groups is 1. The number of rotatable bonds is 7. The molecule has 3 N–H and O–H groups in total. The Balaban J connectivity index is 2.08. The molecule has 0 fully saturated rings. The fraction of sp³-hybridized carbons (Fsp3) is 0.286. The van der Waals surface area contributed by atoms with Crippen molar-refractivity contribution in [2.24, 2.45) is 5.73 Å². The van der Waals surface area contributed by atoms with Crippen LogP contribution in [0.15, 0.2) is 50.4 Å². The van der Waals surface area contributed by atoms with Gasteiger partial charge in [-0.25, -0.2) is 8.42 Å². The van der Waals surface area contributed by atoms with Crippen LogP contribution in [0.2, 0.25) is 0 Å². The number of aliphatic hydroxyl groups excluding tert-OH is 1. The Bertz CT molecular complexity index is 678. The number of hydrogen-bond donors (Lipinski definition) is 2. The summed E-state index contributed by atoms with van der Waals surface area (Å²) in [5, 5.41) is 8.73. The summed E-state index contributed by atoms with van der Waals surface area (Å²) in [6, 6.07) is 10.9. The largest absolute Gasteiger partial charge is 0.396 e. The standard InChI is InChI=1S/C14H17NO3S3/c15-10-12-4-7-14(20-12)19-11-2-5-13(6-3-11)21(17,18)9-1-8-16/h2-7,16H,1,8-10,15H2. The van der Waals surface area contributed by atoms with Gasteiger partial charge >= 0.3 is 0 Å². The fourth-order valence-corrected chi connectivity index (χ4v) is 5.05. The number of benzene rings is 1. The van der Waals surface area contributed by atoms with E-state index in [9.17, 15) is 8.42 Å². The van der Waals surface area contributed by atoms with Gasteiger partial charge in [-0.15, -0.1) is 11.3 Å². The van der Waals surface area contributed by atoms with Crippen LogP contribution in [0.25, 0.3) is 0 Å². The first kappa shape index (κ1) is 16.5. The van der Waals surface area contributed by atoms with Crippen molar-refractivity contribution in [1.29, 1.82) is 0 Å². The van der Waals surface area contributed by atoms with Crippen molar-refractivity contribution >= 4 is 32.9 Å². The Kier molecular flexibility index (Phi) is 5.83. The van der Waals surface area contributed by atoms with Crippen LogP contribution in [0.5, 0.6) is 0 Å². The van der Waals surface area contributed by atoms with Gasteiger partial charge in [-0.3, -0.25) is 0 Å². The third kappa shape index (κ3) is 4.55. The van der Waals surface area contributed by atoms with E-state index in [0.717, 1.165) is 14.0 Å². The second-order valence-electron chi connectivity index (χ2n) is 4.39. The molecule has 0 aliphatic rings. The summed E-state index contributed by atoms with van der Waals surface area (Å²) in [5.41, 5.74) is 5.58. The van der Waals surface area contributed by atoms with Gasteiger partial charge in [0.15, 0.2) is 9.84 Å². The molecule has 0 radical (unpaired) electrons. The van der Waals surface area contributed by atoms with Gasteiger partial charge in [0.1, 0.15) is 0 Å². The molecule has 0 bridgehead atoms. The zero-order valence-corrected chi connectivity index (χ0v) is 13.8. The minimum Gasteiger partial charge on any atom is -0.396 e. The lowest BCUT2D eigenvalue weighted by Gasteiger charge is -2.04. The number of hydrogen-bond acceptors (Lipinski definition) is 6. The number of thiophene rings is 1. The molecule has 2 aromatic rings. The van der Waals surface area contributed by atoms with Gasteiger partial charge in [-0.1, -0.05) is 11.8 Å². The van der Waals surface area contributed by atoms with Crippen LogP contribution in [0, 0.1) is 0 Å². The van der Waals surface area contributed by atoms with E-state index in [-0.39, 0.29) is 18.8 Å². The molecule has 114 valence electrons. The van der Waals surface area contributed by atoms with Crippen LogP contribution in [-0.2, 0) is 16.4 Å². The highest BCUT2D eigenvalue weighted by Gasteiger charge is 2.13. The Morgan fingerprint density at radius 3 is 2.43 bits per heavy atom. The Labute approximate surface area is 132 Å². The second kappa shape index (κ2) is 7.42. The molecule has 1 aromatic carbocycles. The maximum absolute atomic E-state index is 12.0. The summed E-state index contributed by atoms with van der Waals surface area (Å²) < 4.78 is 25.1. The van der Waals surface area contributed by atoms with Crippen LogP contribution in [0.1, 0.15) is 11.3 Å². The van der Waals surface area contributed by atoms with Crippen molar-refractivity contribution in [3.63, 3.8) is 0 Å². The first-order valence-electron chi connectivity index (χ1n) is 6.45. The lowest BCUT2D eigenvalue weighted by atomic mass is 10.4. The van der Waals surface area contributed by atoms with Crippen molar-refractivity contribution in [1.82, 2.24) is 0 Å². The zero-order chi connectivity index (χ0) is 15.3. The molecular formula is C14H17NO3S3. The van der Waals surface area contributed by atoms with Crippen LogP contribution >= 0.6 is 23.1 Å². The molecule has 2 rings (SSSR count). The molecule has 0 spiro atoms. The maximum atomic E-state index is 12.0. The third-order valence-electron chi connectivity index (χ3n) is 2.81. The van der Waals surface area contributed by atoms with Gasteiger partial charge < -0.3 is 10.8 Å².